The number of hydrogen-bond acceptors (Lipinski definition) is 3. The van der Waals surface area contributed by atoms with E-state index in [4.69, 9.17) is 0 Å². The number of rotatable bonds is 4. The highest BCUT2D eigenvalue weighted by molar-refractivity contribution is 5.95. The maximum absolute atomic E-state index is 12.6. The molecule has 0 bridgehead atoms. The summed E-state index contributed by atoms with van der Waals surface area (Å²) in [6.45, 7) is 3.27. The van der Waals surface area contributed by atoms with E-state index in [1.165, 1.54) is 0 Å². The van der Waals surface area contributed by atoms with E-state index < -0.39 is 0 Å². The minimum atomic E-state index is -0.0529. The molecule has 1 aliphatic rings. The van der Waals surface area contributed by atoms with Crippen molar-refractivity contribution in [2.45, 2.75) is 26.2 Å². The van der Waals surface area contributed by atoms with Crippen molar-refractivity contribution in [3.05, 3.63) is 59.9 Å². The molecule has 2 heterocycles. The number of pyridine rings is 1. The Bertz CT molecular complexity index is 738. The molecule has 25 heavy (non-hydrogen) atoms. The van der Waals surface area contributed by atoms with Gasteiger partial charge in [-0.15, -0.1) is 0 Å². The summed E-state index contributed by atoms with van der Waals surface area (Å²) in [4.78, 5) is 30.8. The monoisotopic (exact) mass is 337 g/mol. The predicted molar refractivity (Wildman–Crippen MR) is 97.3 cm³/mol. The smallest absolute Gasteiger partial charge is 0.255 e. The number of para-hydroxylation sites is 1. The first-order valence-electron chi connectivity index (χ1n) is 8.77. The number of nitrogens with one attached hydrogen (secondary N) is 1. The normalized spacial score (nSPS) is 15.0. The van der Waals surface area contributed by atoms with Crippen LogP contribution in [0.15, 0.2) is 48.8 Å². The van der Waals surface area contributed by atoms with Crippen LogP contribution in [0, 0.1) is 5.92 Å². The average Bonchev–Trinajstić information content (AvgIpc) is 2.68. The number of piperidine rings is 1. The molecule has 3 rings (SSSR count). The standard InChI is InChI=1S/C20H23N3O2/c1-2-15-6-3-4-8-18(15)22-19(24)16-9-12-23(13-10-16)20(25)17-7-5-11-21-14-17/h3-8,11,14,16H,2,9-10,12-13H2,1H3,(H,22,24). The molecule has 1 fully saturated rings. The third kappa shape index (κ3) is 4.05. The van der Waals surface area contributed by atoms with Crippen molar-refractivity contribution >= 4 is 17.5 Å². The van der Waals surface area contributed by atoms with E-state index in [2.05, 4.69) is 17.2 Å². The number of benzene rings is 1. The number of hydrogen-bond donors (Lipinski definition) is 1. The Kier molecular flexibility index (Phi) is 5.43. The van der Waals surface area contributed by atoms with Crippen LogP contribution >= 0.6 is 0 Å². The highest BCUT2D eigenvalue weighted by Crippen LogP contribution is 2.22. The van der Waals surface area contributed by atoms with E-state index in [1.807, 2.05) is 24.3 Å². The Balaban J connectivity index is 1.57. The van der Waals surface area contributed by atoms with Crippen LogP contribution in [0.4, 0.5) is 5.69 Å². The average molecular weight is 337 g/mol. The first kappa shape index (κ1) is 17.1. The van der Waals surface area contributed by atoms with Crippen molar-refractivity contribution in [3.8, 4) is 0 Å². The number of amides is 2. The van der Waals surface area contributed by atoms with Crippen LogP contribution in [-0.2, 0) is 11.2 Å². The van der Waals surface area contributed by atoms with E-state index in [1.54, 1.807) is 29.4 Å². The third-order valence-corrected chi connectivity index (χ3v) is 4.72. The highest BCUT2D eigenvalue weighted by atomic mass is 16.2. The Morgan fingerprint density at radius 1 is 1.16 bits per heavy atom. The zero-order valence-corrected chi connectivity index (χ0v) is 14.4. The summed E-state index contributed by atoms with van der Waals surface area (Å²) in [5.41, 5.74) is 2.63. The molecule has 0 saturated carbocycles. The number of carbonyl (C=O) groups excluding carboxylic acids is 2. The van der Waals surface area contributed by atoms with Gasteiger partial charge in [-0.1, -0.05) is 25.1 Å². The topological polar surface area (TPSA) is 62.3 Å². The van der Waals surface area contributed by atoms with E-state index in [9.17, 15) is 9.59 Å². The number of anilines is 1. The quantitative estimate of drug-likeness (QED) is 0.932. The van der Waals surface area contributed by atoms with Gasteiger partial charge in [-0.25, -0.2) is 0 Å². The molecule has 0 aliphatic carbocycles. The Morgan fingerprint density at radius 2 is 1.92 bits per heavy atom. The van der Waals surface area contributed by atoms with Gasteiger partial charge in [0, 0.05) is 37.1 Å². The number of aryl methyl sites for hydroxylation is 1. The van der Waals surface area contributed by atoms with Gasteiger partial charge in [-0.3, -0.25) is 14.6 Å². The maximum atomic E-state index is 12.6. The van der Waals surface area contributed by atoms with Crippen molar-refractivity contribution in [1.29, 1.82) is 0 Å². The molecule has 2 aromatic rings. The summed E-state index contributed by atoms with van der Waals surface area (Å²) in [6, 6.07) is 11.4. The van der Waals surface area contributed by atoms with E-state index in [0.29, 0.717) is 31.5 Å². The van der Waals surface area contributed by atoms with Gasteiger partial charge in [0.2, 0.25) is 5.91 Å². The van der Waals surface area contributed by atoms with Crippen LogP contribution in [-0.4, -0.2) is 34.8 Å². The lowest BCUT2D eigenvalue weighted by molar-refractivity contribution is -0.121. The molecule has 0 radical (unpaired) electrons. The minimum absolute atomic E-state index is 0.0108. The van der Waals surface area contributed by atoms with Crippen LogP contribution in [0.1, 0.15) is 35.7 Å². The van der Waals surface area contributed by atoms with Crippen molar-refractivity contribution in [1.82, 2.24) is 9.88 Å². The molecule has 5 nitrogen and oxygen atoms in total. The Labute approximate surface area is 148 Å². The first-order chi connectivity index (χ1) is 12.2. The fourth-order valence-electron chi connectivity index (χ4n) is 3.20. The molecule has 0 unspecified atom stereocenters. The second kappa shape index (κ2) is 7.92. The molecule has 1 N–H and O–H groups in total. The Morgan fingerprint density at radius 3 is 2.60 bits per heavy atom. The molecule has 1 aromatic carbocycles. The van der Waals surface area contributed by atoms with Crippen molar-refractivity contribution in [3.63, 3.8) is 0 Å². The van der Waals surface area contributed by atoms with Crippen molar-refractivity contribution < 1.29 is 9.59 Å². The van der Waals surface area contributed by atoms with Gasteiger partial charge in [0.15, 0.2) is 0 Å². The van der Waals surface area contributed by atoms with Crippen LogP contribution in [0.25, 0.3) is 0 Å². The molecule has 1 aromatic heterocycles. The molecule has 0 atom stereocenters. The molecule has 130 valence electrons. The van der Waals surface area contributed by atoms with Gasteiger partial charge in [0.1, 0.15) is 0 Å². The van der Waals surface area contributed by atoms with E-state index in [-0.39, 0.29) is 17.7 Å². The lowest BCUT2D eigenvalue weighted by Gasteiger charge is -2.31. The number of carbonyl (C=O) groups is 2. The van der Waals surface area contributed by atoms with Gasteiger partial charge in [0.05, 0.1) is 5.56 Å². The van der Waals surface area contributed by atoms with Gasteiger partial charge in [0.25, 0.3) is 5.91 Å². The van der Waals surface area contributed by atoms with E-state index in [0.717, 1.165) is 17.7 Å². The first-order valence-corrected chi connectivity index (χ1v) is 8.77. The SMILES string of the molecule is CCc1ccccc1NC(=O)C1CCN(C(=O)c2cccnc2)CC1. The largest absolute Gasteiger partial charge is 0.339 e. The Hall–Kier alpha value is -2.69. The summed E-state index contributed by atoms with van der Waals surface area (Å²) in [7, 11) is 0. The van der Waals surface area contributed by atoms with Crippen LogP contribution < -0.4 is 5.32 Å². The molecule has 2 amide bonds. The number of likely N-dealkylation sites (tertiary alicyclic amines) is 1. The summed E-state index contributed by atoms with van der Waals surface area (Å²) in [5.74, 6) is -0.0134. The second-order valence-electron chi connectivity index (χ2n) is 6.31. The molecule has 1 saturated heterocycles. The van der Waals surface area contributed by atoms with Crippen LogP contribution in [0.2, 0.25) is 0 Å². The summed E-state index contributed by atoms with van der Waals surface area (Å²) < 4.78 is 0. The summed E-state index contributed by atoms with van der Waals surface area (Å²) in [5, 5.41) is 3.05. The minimum Gasteiger partial charge on any atom is -0.339 e. The summed E-state index contributed by atoms with van der Waals surface area (Å²) in [6.07, 6.45) is 5.50. The number of aromatic nitrogens is 1. The van der Waals surface area contributed by atoms with Gasteiger partial charge in [-0.2, -0.15) is 0 Å². The molecular formula is C20H23N3O2. The molecule has 1 aliphatic heterocycles. The molecule has 5 heteroatoms. The zero-order valence-electron chi connectivity index (χ0n) is 14.4. The summed E-state index contributed by atoms with van der Waals surface area (Å²) >= 11 is 0. The third-order valence-electron chi connectivity index (χ3n) is 4.72. The maximum Gasteiger partial charge on any atom is 0.255 e. The van der Waals surface area contributed by atoms with Gasteiger partial charge < -0.3 is 10.2 Å². The predicted octanol–water partition coefficient (Wildman–Crippen LogP) is 3.13. The lowest BCUT2D eigenvalue weighted by Crippen LogP contribution is -2.41. The second-order valence-corrected chi connectivity index (χ2v) is 6.31. The van der Waals surface area contributed by atoms with Crippen molar-refractivity contribution in [2.24, 2.45) is 5.92 Å². The molecule has 0 spiro atoms. The number of nitrogens with zero attached hydrogens (tertiary/aromatic N) is 2. The van der Waals surface area contributed by atoms with E-state index >= 15 is 0 Å². The molecular weight excluding hydrogens is 314 g/mol. The highest BCUT2D eigenvalue weighted by Gasteiger charge is 2.28. The van der Waals surface area contributed by atoms with Crippen LogP contribution in [0.3, 0.4) is 0 Å². The van der Waals surface area contributed by atoms with Gasteiger partial charge in [-0.05, 0) is 43.0 Å². The zero-order chi connectivity index (χ0) is 17.6. The lowest BCUT2D eigenvalue weighted by atomic mass is 9.95. The fourth-order valence-corrected chi connectivity index (χ4v) is 3.20. The van der Waals surface area contributed by atoms with Crippen LogP contribution in [0.5, 0.6) is 0 Å². The fraction of sp³-hybridized carbons (Fsp3) is 0.350. The van der Waals surface area contributed by atoms with Gasteiger partial charge >= 0.3 is 0 Å². The van der Waals surface area contributed by atoms with Crippen molar-refractivity contribution in [2.75, 3.05) is 18.4 Å².